The number of benzene rings is 1. The first kappa shape index (κ1) is 26.9. The van der Waals surface area contributed by atoms with E-state index in [1.54, 1.807) is 59.3 Å². The molecule has 4 aromatic rings. The largest absolute Gasteiger partial charge is 0.416 e. The molecule has 1 atom stereocenters. The van der Waals surface area contributed by atoms with Crippen molar-refractivity contribution in [2.24, 2.45) is 0 Å². The van der Waals surface area contributed by atoms with E-state index in [9.17, 15) is 18.0 Å². The zero-order valence-corrected chi connectivity index (χ0v) is 22.1. The average molecular weight is 554 g/mol. The lowest BCUT2D eigenvalue weighted by Gasteiger charge is -2.34. The standard InChI is InChI=1S/C28H26F3N5O2S/c1-17-6-7-18(12-24(17)39-2)27(37)33-15-20-13-23-19(14-32-20)8-9-22(34-23)21-4-3-5-26(35-21)36-10-11-38-25(16-36)28(29,30)31/h3-9,12-14,25H,10-11,15-16H2,1-2H3,(H,33,37). The van der Waals surface area contributed by atoms with Gasteiger partial charge in [-0.2, -0.15) is 13.2 Å². The lowest BCUT2D eigenvalue weighted by molar-refractivity contribution is -0.221. The molecule has 1 unspecified atom stereocenters. The van der Waals surface area contributed by atoms with Crippen molar-refractivity contribution in [3.05, 3.63) is 77.6 Å². The van der Waals surface area contributed by atoms with Crippen LogP contribution in [-0.2, 0) is 11.3 Å². The minimum Gasteiger partial charge on any atom is -0.365 e. The van der Waals surface area contributed by atoms with Gasteiger partial charge in [0.2, 0.25) is 0 Å². The molecule has 7 nitrogen and oxygen atoms in total. The van der Waals surface area contributed by atoms with Crippen LogP contribution < -0.4 is 10.2 Å². The first-order chi connectivity index (χ1) is 18.7. The van der Waals surface area contributed by atoms with Gasteiger partial charge in [0, 0.05) is 28.6 Å². The molecule has 0 bridgehead atoms. The average Bonchev–Trinajstić information content (AvgIpc) is 2.95. The number of amides is 1. The summed E-state index contributed by atoms with van der Waals surface area (Å²) >= 11 is 1.59. The molecule has 1 aliphatic heterocycles. The number of carbonyl (C=O) groups excluding carboxylic acids is 1. The minimum absolute atomic E-state index is 0.0285. The molecule has 11 heteroatoms. The summed E-state index contributed by atoms with van der Waals surface area (Å²) in [7, 11) is 0. The Morgan fingerprint density at radius 1 is 1.13 bits per heavy atom. The van der Waals surface area contributed by atoms with Crippen LogP contribution in [0, 0.1) is 6.92 Å². The van der Waals surface area contributed by atoms with Crippen LogP contribution in [-0.4, -0.2) is 59.1 Å². The Labute approximate surface area is 227 Å². The molecule has 4 heterocycles. The summed E-state index contributed by atoms with van der Waals surface area (Å²) in [5.41, 5.74) is 4.13. The number of morpholine rings is 1. The number of nitrogens with one attached hydrogen (secondary N) is 1. The van der Waals surface area contributed by atoms with Crippen LogP contribution in [0.5, 0.6) is 0 Å². The lowest BCUT2D eigenvalue weighted by atomic mass is 10.1. The number of nitrogens with zero attached hydrogens (tertiary/aromatic N) is 4. The normalized spacial score (nSPS) is 15.9. The molecular weight excluding hydrogens is 527 g/mol. The van der Waals surface area contributed by atoms with Crippen molar-refractivity contribution in [1.29, 1.82) is 0 Å². The molecular formula is C28H26F3N5O2S. The van der Waals surface area contributed by atoms with Gasteiger partial charge in [-0.3, -0.25) is 9.78 Å². The Bertz CT molecular complexity index is 1510. The third kappa shape index (κ3) is 6.15. The second-order valence-corrected chi connectivity index (χ2v) is 10.0. The zero-order chi connectivity index (χ0) is 27.6. The fraction of sp³-hybridized carbons (Fsp3) is 0.286. The van der Waals surface area contributed by atoms with Gasteiger partial charge in [-0.15, -0.1) is 11.8 Å². The van der Waals surface area contributed by atoms with Gasteiger partial charge in [0.05, 0.1) is 42.3 Å². The van der Waals surface area contributed by atoms with Crippen LogP contribution in [0.2, 0.25) is 0 Å². The third-order valence-electron chi connectivity index (χ3n) is 6.48. The SMILES string of the molecule is CSc1cc(C(=O)NCc2cc3nc(-c4cccc(N5CCOC(C(F)(F)F)C5)n4)ccc3cn2)ccc1C. The molecule has 0 radical (unpaired) electrons. The summed E-state index contributed by atoms with van der Waals surface area (Å²) in [5.74, 6) is 0.247. The highest BCUT2D eigenvalue weighted by Gasteiger charge is 2.43. The first-order valence-electron chi connectivity index (χ1n) is 12.3. The maximum atomic E-state index is 13.2. The molecule has 1 N–H and O–H groups in total. The van der Waals surface area contributed by atoms with Crippen LogP contribution in [0.4, 0.5) is 19.0 Å². The van der Waals surface area contributed by atoms with Gasteiger partial charge in [0.1, 0.15) is 5.82 Å². The molecule has 1 saturated heterocycles. The summed E-state index contributed by atoms with van der Waals surface area (Å²) in [6.07, 6.45) is -2.61. The Balaban J connectivity index is 1.33. The van der Waals surface area contributed by atoms with Gasteiger partial charge in [0.25, 0.3) is 5.91 Å². The number of carbonyl (C=O) groups is 1. The van der Waals surface area contributed by atoms with Gasteiger partial charge in [0.15, 0.2) is 6.10 Å². The second-order valence-electron chi connectivity index (χ2n) is 9.16. The molecule has 0 spiro atoms. The van der Waals surface area contributed by atoms with Crippen molar-refractivity contribution in [1.82, 2.24) is 20.3 Å². The Kier molecular flexibility index (Phi) is 7.72. The minimum atomic E-state index is -4.43. The molecule has 1 fully saturated rings. The van der Waals surface area contributed by atoms with Crippen molar-refractivity contribution >= 4 is 34.4 Å². The van der Waals surface area contributed by atoms with E-state index in [4.69, 9.17) is 9.72 Å². The highest BCUT2D eigenvalue weighted by molar-refractivity contribution is 7.98. The fourth-order valence-corrected chi connectivity index (χ4v) is 4.96. The van der Waals surface area contributed by atoms with Crippen molar-refractivity contribution in [2.75, 3.05) is 30.9 Å². The van der Waals surface area contributed by atoms with Crippen molar-refractivity contribution in [3.63, 3.8) is 0 Å². The maximum absolute atomic E-state index is 13.2. The molecule has 39 heavy (non-hydrogen) atoms. The monoisotopic (exact) mass is 553 g/mol. The fourth-order valence-electron chi connectivity index (χ4n) is 4.33. The van der Waals surface area contributed by atoms with E-state index >= 15 is 0 Å². The summed E-state index contributed by atoms with van der Waals surface area (Å²) in [4.78, 5) is 29.1. The molecule has 3 aromatic heterocycles. The predicted octanol–water partition coefficient (Wildman–Crippen LogP) is 5.42. The van der Waals surface area contributed by atoms with Gasteiger partial charge < -0.3 is 15.0 Å². The number of thioether (sulfide) groups is 1. The highest BCUT2D eigenvalue weighted by Crippen LogP contribution is 2.29. The number of fused-ring (bicyclic) bond motifs is 1. The molecule has 1 aliphatic rings. The predicted molar refractivity (Wildman–Crippen MR) is 145 cm³/mol. The third-order valence-corrected chi connectivity index (χ3v) is 7.36. The number of pyridine rings is 3. The topological polar surface area (TPSA) is 80.2 Å². The van der Waals surface area contributed by atoms with E-state index in [0.717, 1.165) is 15.8 Å². The van der Waals surface area contributed by atoms with Gasteiger partial charge in [-0.05, 0) is 61.2 Å². The number of hydrogen-bond donors (Lipinski definition) is 1. The zero-order valence-electron chi connectivity index (χ0n) is 21.3. The Morgan fingerprint density at radius 2 is 1.95 bits per heavy atom. The number of aromatic nitrogens is 3. The highest BCUT2D eigenvalue weighted by atomic mass is 32.2. The van der Waals surface area contributed by atoms with E-state index < -0.39 is 12.3 Å². The number of aryl methyl sites for hydroxylation is 1. The quantitative estimate of drug-likeness (QED) is 0.320. The molecule has 5 rings (SSSR count). The summed E-state index contributed by atoms with van der Waals surface area (Å²) < 4.78 is 44.4. The molecule has 0 saturated carbocycles. The summed E-state index contributed by atoms with van der Waals surface area (Å²) in [6.45, 7) is 2.21. The molecule has 0 aliphatic carbocycles. The molecule has 1 amide bonds. The Hall–Kier alpha value is -3.70. The summed E-state index contributed by atoms with van der Waals surface area (Å²) in [6, 6.07) is 16.3. The van der Waals surface area contributed by atoms with E-state index in [2.05, 4.69) is 15.3 Å². The first-order valence-corrected chi connectivity index (χ1v) is 13.5. The number of halogens is 3. The maximum Gasteiger partial charge on any atom is 0.416 e. The van der Waals surface area contributed by atoms with Gasteiger partial charge in [-0.25, -0.2) is 9.97 Å². The van der Waals surface area contributed by atoms with Gasteiger partial charge >= 0.3 is 6.18 Å². The number of alkyl halides is 3. The van der Waals surface area contributed by atoms with Crippen LogP contribution >= 0.6 is 11.8 Å². The Morgan fingerprint density at radius 3 is 2.74 bits per heavy atom. The summed E-state index contributed by atoms with van der Waals surface area (Å²) in [5, 5.41) is 3.72. The van der Waals surface area contributed by atoms with E-state index in [-0.39, 0.29) is 25.6 Å². The van der Waals surface area contributed by atoms with Gasteiger partial charge in [-0.1, -0.05) is 12.1 Å². The van der Waals surface area contributed by atoms with Crippen LogP contribution in [0.25, 0.3) is 22.3 Å². The van der Waals surface area contributed by atoms with Crippen molar-refractivity contribution < 1.29 is 22.7 Å². The van der Waals surface area contributed by atoms with E-state index in [0.29, 0.717) is 40.5 Å². The van der Waals surface area contributed by atoms with Crippen LogP contribution in [0.3, 0.4) is 0 Å². The van der Waals surface area contributed by atoms with E-state index in [1.165, 1.54) is 0 Å². The lowest BCUT2D eigenvalue weighted by Crippen LogP contribution is -2.49. The van der Waals surface area contributed by atoms with Crippen molar-refractivity contribution in [2.45, 2.75) is 30.6 Å². The second kappa shape index (κ2) is 11.2. The number of ether oxygens (including phenoxy) is 1. The molecule has 1 aromatic carbocycles. The number of anilines is 1. The van der Waals surface area contributed by atoms with Crippen LogP contribution in [0.15, 0.2) is 65.7 Å². The van der Waals surface area contributed by atoms with E-state index in [1.807, 2.05) is 31.4 Å². The number of hydrogen-bond acceptors (Lipinski definition) is 7. The molecule has 202 valence electrons. The number of rotatable bonds is 6. The smallest absolute Gasteiger partial charge is 0.365 e. The van der Waals surface area contributed by atoms with Crippen molar-refractivity contribution in [3.8, 4) is 11.4 Å². The van der Waals surface area contributed by atoms with Crippen LogP contribution in [0.1, 0.15) is 21.6 Å².